The highest BCUT2D eigenvalue weighted by atomic mass is 19.1. The molecule has 4 aromatic rings. The van der Waals surface area contributed by atoms with Gasteiger partial charge in [-0.05, 0) is 48.9 Å². The molecular weight excluding hydrogens is 370 g/mol. The van der Waals surface area contributed by atoms with E-state index in [9.17, 15) is 8.78 Å². The first-order chi connectivity index (χ1) is 14.1. The van der Waals surface area contributed by atoms with Crippen LogP contribution >= 0.6 is 0 Å². The highest BCUT2D eigenvalue weighted by molar-refractivity contribution is 5.91. The van der Waals surface area contributed by atoms with Gasteiger partial charge in [0.15, 0.2) is 5.65 Å². The van der Waals surface area contributed by atoms with Crippen molar-refractivity contribution in [2.75, 3.05) is 0 Å². The molecule has 0 radical (unpaired) electrons. The third-order valence-electron chi connectivity index (χ3n) is 4.53. The van der Waals surface area contributed by atoms with E-state index < -0.39 is 11.7 Å². The monoisotopic (exact) mass is 388 g/mol. The second-order valence-electron chi connectivity index (χ2n) is 6.49. The first kappa shape index (κ1) is 18.7. The average Bonchev–Trinajstić information content (AvgIpc) is 3.15. The molecule has 0 aromatic carbocycles. The molecule has 4 nitrogen and oxygen atoms in total. The number of rotatable bonds is 5. The van der Waals surface area contributed by atoms with Gasteiger partial charge >= 0.3 is 0 Å². The van der Waals surface area contributed by atoms with Gasteiger partial charge in [0.25, 0.3) is 0 Å². The zero-order valence-corrected chi connectivity index (χ0v) is 15.8. The number of halogens is 2. The second kappa shape index (κ2) is 7.75. The summed E-state index contributed by atoms with van der Waals surface area (Å²) in [6, 6.07) is 9.30. The first-order valence-electron chi connectivity index (χ1n) is 9.18. The zero-order chi connectivity index (χ0) is 20.4. The van der Waals surface area contributed by atoms with Gasteiger partial charge in [-0.25, -0.2) is 18.7 Å². The molecule has 0 bridgehead atoms. The van der Waals surface area contributed by atoms with Crippen molar-refractivity contribution in [2.45, 2.75) is 13.3 Å². The molecule has 0 saturated heterocycles. The Morgan fingerprint density at radius 1 is 1.21 bits per heavy atom. The van der Waals surface area contributed by atoms with Gasteiger partial charge in [0.2, 0.25) is 0 Å². The lowest BCUT2D eigenvalue weighted by atomic mass is 10.1. The number of fused-ring (bicyclic) bond motifs is 2. The SMILES string of the molecule is C=C(F)/C=C(\C(F)=C/CC)c1cc(-n2ccc3cnccc32)c2cccnc2n1. The van der Waals surface area contributed by atoms with Gasteiger partial charge in [-0.2, -0.15) is 0 Å². The molecule has 29 heavy (non-hydrogen) atoms. The molecule has 6 heteroatoms. The highest BCUT2D eigenvalue weighted by Crippen LogP contribution is 2.31. The molecule has 144 valence electrons. The van der Waals surface area contributed by atoms with Crippen molar-refractivity contribution in [3.63, 3.8) is 0 Å². The van der Waals surface area contributed by atoms with E-state index in [1.165, 1.54) is 6.08 Å². The fourth-order valence-corrected chi connectivity index (χ4v) is 3.28. The number of pyridine rings is 3. The van der Waals surface area contributed by atoms with Crippen LogP contribution in [-0.2, 0) is 0 Å². The largest absolute Gasteiger partial charge is 0.316 e. The molecular formula is C23H18F2N4. The molecule has 0 aliphatic carbocycles. The third kappa shape index (κ3) is 3.57. The van der Waals surface area contributed by atoms with Gasteiger partial charge in [0, 0.05) is 41.1 Å². The van der Waals surface area contributed by atoms with E-state index in [1.807, 2.05) is 42.0 Å². The molecule has 0 aliphatic rings. The summed E-state index contributed by atoms with van der Waals surface area (Å²) < 4.78 is 30.3. The molecule has 0 spiro atoms. The normalized spacial score (nSPS) is 12.7. The molecule has 0 unspecified atom stereocenters. The number of nitrogens with zero attached hydrogens (tertiary/aromatic N) is 4. The van der Waals surface area contributed by atoms with Crippen LogP contribution in [0.25, 0.3) is 33.2 Å². The fraction of sp³-hybridized carbons (Fsp3) is 0.0870. The Morgan fingerprint density at radius 3 is 2.86 bits per heavy atom. The van der Waals surface area contributed by atoms with Crippen molar-refractivity contribution in [1.82, 2.24) is 19.5 Å². The maximum Gasteiger partial charge on any atom is 0.161 e. The van der Waals surface area contributed by atoms with Gasteiger partial charge in [-0.15, -0.1) is 0 Å². The van der Waals surface area contributed by atoms with Crippen LogP contribution in [0.1, 0.15) is 19.0 Å². The summed E-state index contributed by atoms with van der Waals surface area (Å²) >= 11 is 0. The van der Waals surface area contributed by atoms with E-state index >= 15 is 0 Å². The van der Waals surface area contributed by atoms with E-state index in [0.717, 1.165) is 28.1 Å². The Morgan fingerprint density at radius 2 is 2.07 bits per heavy atom. The molecule has 0 aliphatic heterocycles. The predicted octanol–water partition coefficient (Wildman–Crippen LogP) is 6.10. The summed E-state index contributed by atoms with van der Waals surface area (Å²) in [6.45, 7) is 5.05. The van der Waals surface area contributed by atoms with E-state index in [1.54, 1.807) is 24.7 Å². The summed E-state index contributed by atoms with van der Waals surface area (Å²) in [7, 11) is 0. The van der Waals surface area contributed by atoms with Gasteiger partial charge < -0.3 is 4.57 Å². The van der Waals surface area contributed by atoms with E-state index in [0.29, 0.717) is 12.1 Å². The minimum Gasteiger partial charge on any atom is -0.316 e. The van der Waals surface area contributed by atoms with E-state index in [4.69, 9.17) is 0 Å². The summed E-state index contributed by atoms with van der Waals surface area (Å²) in [5.41, 5.74) is 2.45. The van der Waals surface area contributed by atoms with E-state index in [-0.39, 0.29) is 11.3 Å². The van der Waals surface area contributed by atoms with Crippen LogP contribution in [0.5, 0.6) is 0 Å². The fourth-order valence-electron chi connectivity index (χ4n) is 3.28. The zero-order valence-electron chi connectivity index (χ0n) is 15.8. The summed E-state index contributed by atoms with van der Waals surface area (Å²) in [4.78, 5) is 13.0. The number of hydrogen-bond donors (Lipinski definition) is 0. The summed E-state index contributed by atoms with van der Waals surface area (Å²) in [6.07, 6.45) is 9.93. The summed E-state index contributed by atoms with van der Waals surface area (Å²) in [5, 5.41) is 1.76. The van der Waals surface area contributed by atoms with Crippen LogP contribution in [-0.4, -0.2) is 19.5 Å². The minimum absolute atomic E-state index is 0.0336. The Hall–Kier alpha value is -3.67. The van der Waals surface area contributed by atoms with Crippen molar-refractivity contribution in [1.29, 1.82) is 0 Å². The van der Waals surface area contributed by atoms with Gasteiger partial charge in [-0.3, -0.25) is 4.98 Å². The van der Waals surface area contributed by atoms with Crippen molar-refractivity contribution in [3.8, 4) is 5.69 Å². The standard InChI is InChI=1S/C23H18F2N4/c1-3-5-19(25)18(12-15(2)24)20-13-22(17-6-4-9-27-23(17)28-20)29-11-8-16-14-26-10-7-21(16)29/h4-14H,2-3H2,1H3/b18-12+,19-5+. The predicted molar refractivity (Wildman–Crippen MR) is 112 cm³/mol. The van der Waals surface area contributed by atoms with Crippen LogP contribution in [0, 0.1) is 0 Å². The lowest BCUT2D eigenvalue weighted by Crippen LogP contribution is -2.00. The highest BCUT2D eigenvalue weighted by Gasteiger charge is 2.16. The number of aromatic nitrogens is 4. The molecule has 0 saturated carbocycles. The Bertz CT molecular complexity index is 1280. The third-order valence-corrected chi connectivity index (χ3v) is 4.53. The minimum atomic E-state index is -0.749. The topological polar surface area (TPSA) is 43.6 Å². The van der Waals surface area contributed by atoms with Gasteiger partial charge in [0.1, 0.15) is 11.7 Å². The van der Waals surface area contributed by atoms with Gasteiger partial charge in [0.05, 0.1) is 16.9 Å². The molecule has 4 heterocycles. The molecule has 0 atom stereocenters. The molecule has 0 N–H and O–H groups in total. The average molecular weight is 388 g/mol. The van der Waals surface area contributed by atoms with Crippen molar-refractivity contribution in [2.24, 2.45) is 0 Å². The lowest BCUT2D eigenvalue weighted by Gasteiger charge is -2.13. The van der Waals surface area contributed by atoms with Crippen molar-refractivity contribution >= 4 is 27.5 Å². The van der Waals surface area contributed by atoms with Crippen LogP contribution in [0.3, 0.4) is 0 Å². The number of allylic oxidation sites excluding steroid dienone is 5. The van der Waals surface area contributed by atoms with Crippen LogP contribution < -0.4 is 0 Å². The molecule has 0 amide bonds. The Balaban J connectivity index is 2.03. The maximum atomic E-state index is 14.8. The van der Waals surface area contributed by atoms with Crippen molar-refractivity contribution < 1.29 is 8.78 Å². The first-order valence-corrected chi connectivity index (χ1v) is 9.18. The smallest absolute Gasteiger partial charge is 0.161 e. The van der Waals surface area contributed by atoms with Gasteiger partial charge in [-0.1, -0.05) is 13.5 Å². The maximum absolute atomic E-state index is 14.8. The molecule has 0 fully saturated rings. The molecule has 4 aromatic heterocycles. The number of hydrogen-bond acceptors (Lipinski definition) is 3. The van der Waals surface area contributed by atoms with Crippen LogP contribution in [0.2, 0.25) is 0 Å². The van der Waals surface area contributed by atoms with Crippen LogP contribution in [0.15, 0.2) is 85.5 Å². The quantitative estimate of drug-likeness (QED) is 0.388. The molecule has 4 rings (SSSR count). The lowest BCUT2D eigenvalue weighted by molar-refractivity contribution is 0.656. The van der Waals surface area contributed by atoms with Crippen LogP contribution in [0.4, 0.5) is 8.78 Å². The summed E-state index contributed by atoms with van der Waals surface area (Å²) in [5.74, 6) is -1.30. The second-order valence-corrected chi connectivity index (χ2v) is 6.49. The van der Waals surface area contributed by atoms with Crippen molar-refractivity contribution in [3.05, 3.63) is 91.2 Å². The Labute approximate surface area is 166 Å². The Kier molecular flexibility index (Phi) is 4.99. The van der Waals surface area contributed by atoms with E-state index in [2.05, 4.69) is 21.5 Å².